The highest BCUT2D eigenvalue weighted by Crippen LogP contribution is 2.14. The Morgan fingerprint density at radius 1 is 0.767 bits per heavy atom. The summed E-state index contributed by atoms with van der Waals surface area (Å²) in [6, 6.07) is 6.65. The highest BCUT2D eigenvalue weighted by molar-refractivity contribution is 5.95. The monoisotopic (exact) mass is 418 g/mol. The molecule has 0 N–H and O–H groups in total. The van der Waals surface area contributed by atoms with Gasteiger partial charge >= 0.3 is 11.9 Å². The third kappa shape index (κ3) is 11.4. The second-order valence-electron chi connectivity index (χ2n) is 8.12. The van der Waals surface area contributed by atoms with Crippen LogP contribution in [-0.4, -0.2) is 24.6 Å². The summed E-state index contributed by atoms with van der Waals surface area (Å²) in [6.07, 6.45) is 14.8. The van der Waals surface area contributed by atoms with E-state index in [1.807, 2.05) is 6.92 Å². The number of unbranched alkanes of at least 4 members (excludes halogenated alkanes) is 9. The Kier molecular flexibility index (Phi) is 14.8. The van der Waals surface area contributed by atoms with Crippen LogP contribution in [0.15, 0.2) is 24.3 Å². The minimum absolute atomic E-state index is 0.0697. The molecule has 0 saturated carbocycles. The summed E-state index contributed by atoms with van der Waals surface area (Å²) in [7, 11) is 0. The number of hydrogen-bond acceptors (Lipinski definition) is 4. The molecule has 0 aromatic heterocycles. The molecule has 0 aliphatic heterocycles. The molecule has 4 nitrogen and oxygen atoms in total. The highest BCUT2D eigenvalue weighted by Gasteiger charge is 2.16. The van der Waals surface area contributed by atoms with Crippen molar-refractivity contribution < 1.29 is 19.1 Å². The number of carbonyl (C=O) groups excluding carboxylic acids is 2. The first-order valence-corrected chi connectivity index (χ1v) is 12.1. The lowest BCUT2D eigenvalue weighted by molar-refractivity contribution is 0.0268. The number of hydrogen-bond donors (Lipinski definition) is 0. The van der Waals surface area contributed by atoms with Gasteiger partial charge in [0.15, 0.2) is 0 Å². The molecule has 1 atom stereocenters. The molecule has 1 aromatic carbocycles. The van der Waals surface area contributed by atoms with E-state index in [1.54, 1.807) is 24.3 Å². The molecule has 1 unspecified atom stereocenters. The van der Waals surface area contributed by atoms with E-state index in [1.165, 1.54) is 44.9 Å². The van der Waals surface area contributed by atoms with Crippen LogP contribution in [0.1, 0.15) is 125 Å². The second kappa shape index (κ2) is 16.9. The lowest BCUT2D eigenvalue weighted by atomic mass is 10.1. The van der Waals surface area contributed by atoms with E-state index in [9.17, 15) is 9.59 Å². The molecule has 30 heavy (non-hydrogen) atoms. The lowest BCUT2D eigenvalue weighted by Gasteiger charge is -2.16. The van der Waals surface area contributed by atoms with Crippen LogP contribution in [0.25, 0.3) is 0 Å². The summed E-state index contributed by atoms with van der Waals surface area (Å²) in [5, 5.41) is 0. The third-order valence-corrected chi connectivity index (χ3v) is 5.42. The van der Waals surface area contributed by atoms with Crippen molar-refractivity contribution in [2.75, 3.05) is 6.61 Å². The zero-order chi connectivity index (χ0) is 22.0. The average molecular weight is 419 g/mol. The molecule has 0 aliphatic carbocycles. The largest absolute Gasteiger partial charge is 0.462 e. The maximum Gasteiger partial charge on any atom is 0.338 e. The smallest absolute Gasteiger partial charge is 0.338 e. The predicted molar refractivity (Wildman–Crippen MR) is 123 cm³/mol. The molecule has 0 radical (unpaired) electrons. The molecule has 0 spiro atoms. The van der Waals surface area contributed by atoms with Crippen LogP contribution in [0.5, 0.6) is 0 Å². The first-order chi connectivity index (χ1) is 14.6. The van der Waals surface area contributed by atoms with Crippen molar-refractivity contribution in [1.29, 1.82) is 0 Å². The van der Waals surface area contributed by atoms with Gasteiger partial charge in [-0.3, -0.25) is 0 Å². The number of ether oxygens (including phenoxy) is 2. The third-order valence-electron chi connectivity index (χ3n) is 5.42. The Hall–Kier alpha value is -1.84. The fourth-order valence-corrected chi connectivity index (χ4v) is 3.43. The van der Waals surface area contributed by atoms with Gasteiger partial charge in [-0.15, -0.1) is 0 Å². The van der Waals surface area contributed by atoms with Gasteiger partial charge in [-0.2, -0.15) is 0 Å². The van der Waals surface area contributed by atoms with Crippen molar-refractivity contribution in [3.05, 3.63) is 35.4 Å². The van der Waals surface area contributed by atoms with Crippen LogP contribution in [0.4, 0.5) is 0 Å². The van der Waals surface area contributed by atoms with Crippen LogP contribution in [0.2, 0.25) is 0 Å². The standard InChI is InChI=1S/C26H42O4/c1-4-7-9-10-11-12-13-14-15-20-29-25(27)22-17-16-18-23(21-22)26(28)30-24(6-3)19-8-5-2/h16-18,21,24H,4-15,19-20H2,1-3H3. The maximum absolute atomic E-state index is 12.4. The van der Waals surface area contributed by atoms with E-state index in [0.717, 1.165) is 38.5 Å². The van der Waals surface area contributed by atoms with E-state index in [0.29, 0.717) is 17.7 Å². The molecule has 0 aliphatic rings. The Labute approximate surface area is 183 Å². The van der Waals surface area contributed by atoms with E-state index in [-0.39, 0.29) is 18.0 Å². The molecule has 0 fully saturated rings. The van der Waals surface area contributed by atoms with Gasteiger partial charge in [0.1, 0.15) is 6.10 Å². The SMILES string of the molecule is CCCCCCCCCCCOC(=O)c1cccc(C(=O)OC(CC)CCCC)c1. The number of carbonyl (C=O) groups is 2. The van der Waals surface area contributed by atoms with E-state index < -0.39 is 0 Å². The van der Waals surface area contributed by atoms with Gasteiger partial charge in [-0.05, 0) is 37.5 Å². The number of esters is 2. The summed E-state index contributed by atoms with van der Waals surface area (Å²) in [5.74, 6) is -0.742. The van der Waals surface area contributed by atoms with Gasteiger partial charge in [0.25, 0.3) is 0 Å². The van der Waals surface area contributed by atoms with Crippen molar-refractivity contribution in [3.8, 4) is 0 Å². The molecule has 4 heteroatoms. The predicted octanol–water partition coefficient (Wildman–Crippen LogP) is 7.50. The highest BCUT2D eigenvalue weighted by atomic mass is 16.5. The number of benzene rings is 1. The van der Waals surface area contributed by atoms with Crippen LogP contribution < -0.4 is 0 Å². The summed E-state index contributed by atoms with van der Waals surface area (Å²) >= 11 is 0. The quantitative estimate of drug-likeness (QED) is 0.194. The fourth-order valence-electron chi connectivity index (χ4n) is 3.43. The fraction of sp³-hybridized carbons (Fsp3) is 0.692. The Morgan fingerprint density at radius 3 is 1.93 bits per heavy atom. The van der Waals surface area contributed by atoms with Crippen molar-refractivity contribution in [3.63, 3.8) is 0 Å². The lowest BCUT2D eigenvalue weighted by Crippen LogP contribution is -2.18. The molecule has 1 aromatic rings. The van der Waals surface area contributed by atoms with E-state index in [2.05, 4.69) is 13.8 Å². The van der Waals surface area contributed by atoms with Crippen molar-refractivity contribution in [2.45, 2.75) is 110 Å². The topological polar surface area (TPSA) is 52.6 Å². The first kappa shape index (κ1) is 26.2. The van der Waals surface area contributed by atoms with E-state index in [4.69, 9.17) is 9.47 Å². The minimum atomic E-state index is -0.373. The molecular formula is C26H42O4. The summed E-state index contributed by atoms with van der Waals surface area (Å²) in [4.78, 5) is 24.7. The van der Waals surface area contributed by atoms with Crippen LogP contribution in [-0.2, 0) is 9.47 Å². The van der Waals surface area contributed by atoms with Crippen molar-refractivity contribution >= 4 is 11.9 Å². The van der Waals surface area contributed by atoms with Crippen LogP contribution in [0, 0.1) is 0 Å². The summed E-state index contributed by atoms with van der Waals surface area (Å²) in [5.41, 5.74) is 0.810. The van der Waals surface area contributed by atoms with Gasteiger partial charge in [0.2, 0.25) is 0 Å². The second-order valence-corrected chi connectivity index (χ2v) is 8.12. The molecule has 1 rings (SSSR count). The van der Waals surface area contributed by atoms with Gasteiger partial charge in [-0.25, -0.2) is 9.59 Å². The van der Waals surface area contributed by atoms with Gasteiger partial charge in [-0.1, -0.05) is 91.0 Å². The molecule has 0 heterocycles. The molecule has 170 valence electrons. The Bertz CT molecular complexity index is 596. The molecule has 0 amide bonds. The van der Waals surface area contributed by atoms with Crippen LogP contribution in [0.3, 0.4) is 0 Å². The zero-order valence-corrected chi connectivity index (χ0v) is 19.4. The van der Waals surface area contributed by atoms with E-state index >= 15 is 0 Å². The Morgan fingerprint density at radius 2 is 1.33 bits per heavy atom. The number of rotatable bonds is 17. The maximum atomic E-state index is 12.4. The molecular weight excluding hydrogens is 376 g/mol. The zero-order valence-electron chi connectivity index (χ0n) is 19.4. The first-order valence-electron chi connectivity index (χ1n) is 12.1. The van der Waals surface area contributed by atoms with Gasteiger partial charge < -0.3 is 9.47 Å². The summed E-state index contributed by atoms with van der Waals surface area (Å²) < 4.78 is 11.0. The van der Waals surface area contributed by atoms with Crippen molar-refractivity contribution in [1.82, 2.24) is 0 Å². The Balaban J connectivity index is 2.32. The molecule has 0 bridgehead atoms. The van der Waals surface area contributed by atoms with Crippen molar-refractivity contribution in [2.24, 2.45) is 0 Å². The minimum Gasteiger partial charge on any atom is -0.462 e. The average Bonchev–Trinajstić information content (AvgIpc) is 2.77. The van der Waals surface area contributed by atoms with Crippen LogP contribution >= 0.6 is 0 Å². The summed E-state index contributed by atoms with van der Waals surface area (Å²) in [6.45, 7) is 6.81. The molecule has 0 saturated heterocycles. The van der Waals surface area contributed by atoms with Gasteiger partial charge in [0.05, 0.1) is 17.7 Å². The normalized spacial score (nSPS) is 11.8. The van der Waals surface area contributed by atoms with Gasteiger partial charge in [0, 0.05) is 0 Å².